The van der Waals surface area contributed by atoms with Crippen LogP contribution in [-0.4, -0.2) is 11.8 Å². The summed E-state index contributed by atoms with van der Waals surface area (Å²) in [5, 5.41) is 12.3. The number of anilines is 2. The minimum Gasteiger partial charge on any atom is -0.350 e. The molecule has 1 aliphatic rings. The van der Waals surface area contributed by atoms with Gasteiger partial charge in [0.2, 0.25) is 0 Å². The van der Waals surface area contributed by atoms with Gasteiger partial charge < -0.3 is 5.32 Å². The number of aryl methyl sites for hydroxylation is 4. The molecule has 0 atom stereocenters. The summed E-state index contributed by atoms with van der Waals surface area (Å²) in [5.41, 5.74) is 7.18. The van der Waals surface area contributed by atoms with E-state index in [1.165, 1.54) is 0 Å². The van der Waals surface area contributed by atoms with Crippen molar-refractivity contribution in [2.45, 2.75) is 27.7 Å². The molecule has 158 valence electrons. The van der Waals surface area contributed by atoms with Crippen LogP contribution in [0.2, 0.25) is 0 Å². The zero-order valence-corrected chi connectivity index (χ0v) is 18.5. The molecule has 2 amide bonds. The van der Waals surface area contributed by atoms with E-state index in [4.69, 9.17) is 5.26 Å². The van der Waals surface area contributed by atoms with Crippen LogP contribution >= 0.6 is 0 Å². The first kappa shape index (κ1) is 21.1. The molecule has 1 heterocycles. The molecule has 32 heavy (non-hydrogen) atoms. The van der Waals surface area contributed by atoms with E-state index in [1.54, 1.807) is 24.3 Å². The molecule has 0 unspecified atom stereocenters. The van der Waals surface area contributed by atoms with Crippen LogP contribution in [0.1, 0.15) is 33.4 Å². The van der Waals surface area contributed by atoms with Crippen LogP contribution in [0.5, 0.6) is 0 Å². The second-order valence-corrected chi connectivity index (χ2v) is 8.10. The number of nitrogens with one attached hydrogen (secondary N) is 1. The minimum absolute atomic E-state index is 0.245. The van der Waals surface area contributed by atoms with Gasteiger partial charge >= 0.3 is 0 Å². The fraction of sp³-hybridized carbons (Fsp3) is 0.148. The number of carbonyl (C=O) groups is 2. The van der Waals surface area contributed by atoms with Crippen molar-refractivity contribution in [2.24, 2.45) is 0 Å². The molecule has 5 nitrogen and oxygen atoms in total. The molecule has 0 spiro atoms. The number of amides is 2. The lowest BCUT2D eigenvalue weighted by molar-refractivity contribution is -0.120. The highest BCUT2D eigenvalue weighted by molar-refractivity contribution is 6.46. The molecular formula is C27H23N3O2. The molecule has 3 aromatic carbocycles. The number of nitrogens with zero attached hydrogens (tertiary/aromatic N) is 2. The Bertz CT molecular complexity index is 1330. The third kappa shape index (κ3) is 3.67. The molecule has 1 N–H and O–H groups in total. The highest BCUT2D eigenvalue weighted by Crippen LogP contribution is 2.35. The fourth-order valence-electron chi connectivity index (χ4n) is 3.82. The first-order valence-electron chi connectivity index (χ1n) is 10.4. The van der Waals surface area contributed by atoms with E-state index in [2.05, 4.69) is 11.4 Å². The first-order chi connectivity index (χ1) is 15.3. The van der Waals surface area contributed by atoms with Crippen LogP contribution in [0.25, 0.3) is 5.57 Å². The van der Waals surface area contributed by atoms with Gasteiger partial charge in [0.25, 0.3) is 11.8 Å². The summed E-state index contributed by atoms with van der Waals surface area (Å²) in [6, 6.07) is 20.1. The van der Waals surface area contributed by atoms with Crippen molar-refractivity contribution in [2.75, 3.05) is 10.2 Å². The topological polar surface area (TPSA) is 73.2 Å². The van der Waals surface area contributed by atoms with Crippen molar-refractivity contribution in [3.8, 4) is 6.07 Å². The number of benzene rings is 3. The normalized spacial score (nSPS) is 13.5. The van der Waals surface area contributed by atoms with Gasteiger partial charge in [-0.3, -0.25) is 9.59 Å². The van der Waals surface area contributed by atoms with Crippen molar-refractivity contribution in [1.29, 1.82) is 5.26 Å². The van der Waals surface area contributed by atoms with Crippen molar-refractivity contribution in [1.82, 2.24) is 0 Å². The molecule has 0 bridgehead atoms. The summed E-state index contributed by atoms with van der Waals surface area (Å²) in [5.74, 6) is -0.817. The number of carbonyl (C=O) groups excluding carboxylic acids is 2. The summed E-state index contributed by atoms with van der Waals surface area (Å²) in [4.78, 5) is 28.2. The highest BCUT2D eigenvalue weighted by Gasteiger charge is 2.40. The first-order valence-corrected chi connectivity index (χ1v) is 10.4. The number of hydrogen-bond acceptors (Lipinski definition) is 4. The van der Waals surface area contributed by atoms with Crippen molar-refractivity contribution in [3.63, 3.8) is 0 Å². The molecule has 0 saturated heterocycles. The predicted molar refractivity (Wildman–Crippen MR) is 126 cm³/mol. The van der Waals surface area contributed by atoms with Gasteiger partial charge in [0.05, 0.1) is 22.9 Å². The van der Waals surface area contributed by atoms with Crippen LogP contribution in [0, 0.1) is 39.0 Å². The van der Waals surface area contributed by atoms with Crippen molar-refractivity contribution in [3.05, 3.63) is 99.7 Å². The third-order valence-electron chi connectivity index (χ3n) is 5.78. The molecule has 3 aromatic rings. The molecule has 5 heteroatoms. The van der Waals surface area contributed by atoms with Crippen molar-refractivity contribution >= 4 is 28.8 Å². The van der Waals surface area contributed by atoms with Gasteiger partial charge in [-0.05, 0) is 80.3 Å². The van der Waals surface area contributed by atoms with Gasteiger partial charge in [-0.2, -0.15) is 5.26 Å². The molecule has 4 rings (SSSR count). The number of nitriles is 1. The van der Waals surface area contributed by atoms with Crippen LogP contribution < -0.4 is 10.2 Å². The molecule has 0 radical (unpaired) electrons. The van der Waals surface area contributed by atoms with Gasteiger partial charge in [-0.1, -0.05) is 35.9 Å². The number of rotatable bonds is 4. The number of imide groups is 1. The van der Waals surface area contributed by atoms with E-state index in [-0.39, 0.29) is 5.70 Å². The molecular weight excluding hydrogens is 398 g/mol. The summed E-state index contributed by atoms with van der Waals surface area (Å²) in [6.07, 6.45) is 0. The Labute approximate surface area is 187 Å². The zero-order valence-electron chi connectivity index (χ0n) is 18.5. The lowest BCUT2D eigenvalue weighted by Gasteiger charge is -2.16. The van der Waals surface area contributed by atoms with Crippen LogP contribution in [-0.2, 0) is 9.59 Å². The Hall–Kier alpha value is -4.17. The molecule has 0 fully saturated rings. The highest BCUT2D eigenvalue weighted by atomic mass is 16.2. The Kier molecular flexibility index (Phi) is 5.38. The van der Waals surface area contributed by atoms with E-state index >= 15 is 0 Å². The Morgan fingerprint density at radius 1 is 0.781 bits per heavy atom. The second kappa shape index (κ2) is 8.16. The molecule has 0 saturated carbocycles. The zero-order chi connectivity index (χ0) is 23.0. The summed E-state index contributed by atoms with van der Waals surface area (Å²) >= 11 is 0. The fourth-order valence-corrected chi connectivity index (χ4v) is 3.82. The summed E-state index contributed by atoms with van der Waals surface area (Å²) in [6.45, 7) is 7.96. The van der Waals surface area contributed by atoms with Gasteiger partial charge in [-0.25, -0.2) is 4.90 Å². The van der Waals surface area contributed by atoms with E-state index in [1.807, 2.05) is 64.1 Å². The van der Waals surface area contributed by atoms with Crippen molar-refractivity contribution < 1.29 is 9.59 Å². The van der Waals surface area contributed by atoms with Crippen LogP contribution in [0.4, 0.5) is 11.4 Å². The van der Waals surface area contributed by atoms with Crippen LogP contribution in [0.3, 0.4) is 0 Å². The maximum atomic E-state index is 13.5. The standard InChI is InChI=1S/C27H23N3O2/c1-16-5-12-23(19(4)13-16)29-25-24(21-9-6-17(2)18(3)14-21)26(31)30(27(25)32)22-10-7-20(15-28)8-11-22/h5-14,29H,1-4H3. The lowest BCUT2D eigenvalue weighted by Crippen LogP contribution is -2.32. The van der Waals surface area contributed by atoms with Crippen LogP contribution in [0.15, 0.2) is 66.4 Å². The van der Waals surface area contributed by atoms with Gasteiger partial charge in [-0.15, -0.1) is 0 Å². The average molecular weight is 422 g/mol. The Morgan fingerprint density at radius 3 is 2.12 bits per heavy atom. The van der Waals surface area contributed by atoms with Gasteiger partial charge in [0.15, 0.2) is 0 Å². The largest absolute Gasteiger partial charge is 0.350 e. The van der Waals surface area contributed by atoms with E-state index in [0.717, 1.165) is 32.8 Å². The Balaban J connectivity index is 1.85. The average Bonchev–Trinajstić information content (AvgIpc) is 3.01. The molecule has 1 aliphatic heterocycles. The summed E-state index contributed by atoms with van der Waals surface area (Å²) in [7, 11) is 0. The van der Waals surface area contributed by atoms with E-state index in [9.17, 15) is 9.59 Å². The summed E-state index contributed by atoms with van der Waals surface area (Å²) < 4.78 is 0. The predicted octanol–water partition coefficient (Wildman–Crippen LogP) is 5.19. The quantitative estimate of drug-likeness (QED) is 0.589. The third-order valence-corrected chi connectivity index (χ3v) is 5.78. The number of hydrogen-bond donors (Lipinski definition) is 1. The lowest BCUT2D eigenvalue weighted by atomic mass is 9.99. The van der Waals surface area contributed by atoms with E-state index in [0.29, 0.717) is 22.4 Å². The van der Waals surface area contributed by atoms with Gasteiger partial charge in [0.1, 0.15) is 5.70 Å². The monoisotopic (exact) mass is 421 g/mol. The minimum atomic E-state index is -0.423. The Morgan fingerprint density at radius 2 is 1.50 bits per heavy atom. The maximum Gasteiger partial charge on any atom is 0.282 e. The SMILES string of the molecule is Cc1ccc(NC2=C(c3ccc(C)c(C)c3)C(=O)N(c3ccc(C#N)cc3)C2=O)c(C)c1. The molecule has 0 aromatic heterocycles. The smallest absolute Gasteiger partial charge is 0.282 e. The van der Waals surface area contributed by atoms with E-state index < -0.39 is 11.8 Å². The van der Waals surface area contributed by atoms with Gasteiger partial charge in [0, 0.05) is 5.69 Å². The maximum absolute atomic E-state index is 13.5. The second-order valence-electron chi connectivity index (χ2n) is 8.10. The molecule has 0 aliphatic carbocycles.